The quantitative estimate of drug-likeness (QED) is 0.463. The van der Waals surface area contributed by atoms with E-state index in [1.54, 1.807) is 12.1 Å². The lowest BCUT2D eigenvalue weighted by atomic mass is 10.1. The van der Waals surface area contributed by atoms with Gasteiger partial charge in [0, 0.05) is 29.7 Å². The third-order valence-corrected chi connectivity index (χ3v) is 4.19. The fourth-order valence-corrected chi connectivity index (χ4v) is 2.57. The van der Waals surface area contributed by atoms with Gasteiger partial charge in [-0.2, -0.15) is 0 Å². The molecular formula is C21H19F2N5O2. The first-order valence-corrected chi connectivity index (χ1v) is 9.22. The predicted octanol–water partition coefficient (Wildman–Crippen LogP) is 4.29. The van der Waals surface area contributed by atoms with E-state index in [4.69, 9.17) is 4.84 Å². The second kappa shape index (κ2) is 9.64. The predicted molar refractivity (Wildman–Crippen MR) is 107 cm³/mol. The number of oxime groups is 1. The van der Waals surface area contributed by atoms with E-state index in [2.05, 4.69) is 25.4 Å². The Bertz CT molecular complexity index is 1070. The Morgan fingerprint density at radius 3 is 2.67 bits per heavy atom. The van der Waals surface area contributed by atoms with Crippen molar-refractivity contribution in [2.45, 2.75) is 26.7 Å². The minimum absolute atomic E-state index is 0.125. The number of nitrogens with one attached hydrogen (secondary N) is 1. The van der Waals surface area contributed by atoms with Crippen LogP contribution in [0.15, 0.2) is 54.2 Å². The van der Waals surface area contributed by atoms with Gasteiger partial charge in [0.05, 0.1) is 17.5 Å². The molecular weight excluding hydrogens is 392 g/mol. The Labute approximate surface area is 171 Å². The highest BCUT2D eigenvalue weighted by molar-refractivity contribution is 6.05. The molecule has 3 rings (SSSR count). The van der Waals surface area contributed by atoms with Crippen molar-refractivity contribution < 1.29 is 18.4 Å². The van der Waals surface area contributed by atoms with E-state index in [1.807, 2.05) is 6.92 Å². The fourth-order valence-electron chi connectivity index (χ4n) is 2.57. The second-order valence-corrected chi connectivity index (χ2v) is 6.35. The highest BCUT2D eigenvalue weighted by atomic mass is 19.1. The van der Waals surface area contributed by atoms with Crippen LogP contribution < -0.4 is 10.2 Å². The van der Waals surface area contributed by atoms with Crippen molar-refractivity contribution >= 4 is 17.4 Å². The summed E-state index contributed by atoms with van der Waals surface area (Å²) in [7, 11) is 0. The van der Waals surface area contributed by atoms with E-state index in [1.165, 1.54) is 37.6 Å². The molecule has 0 bridgehead atoms. The van der Waals surface area contributed by atoms with Gasteiger partial charge in [-0.25, -0.2) is 18.7 Å². The van der Waals surface area contributed by atoms with Crippen LogP contribution in [0.1, 0.15) is 41.3 Å². The fraction of sp³-hybridized carbons (Fsp3) is 0.190. The lowest BCUT2D eigenvalue weighted by molar-refractivity contribution is 0.102. The smallest absolute Gasteiger partial charge is 0.284 e. The molecule has 0 aliphatic heterocycles. The molecule has 7 nitrogen and oxygen atoms in total. The van der Waals surface area contributed by atoms with Gasteiger partial charge < -0.3 is 10.2 Å². The van der Waals surface area contributed by atoms with Crippen LogP contribution >= 0.6 is 0 Å². The van der Waals surface area contributed by atoms with Crippen LogP contribution in [0, 0.1) is 18.6 Å². The van der Waals surface area contributed by atoms with Crippen molar-refractivity contribution in [3.05, 3.63) is 77.4 Å². The molecule has 3 aromatic rings. The summed E-state index contributed by atoms with van der Waals surface area (Å²) >= 11 is 0. The largest absolute Gasteiger partial charge is 0.333 e. The van der Waals surface area contributed by atoms with Crippen LogP contribution in [-0.4, -0.2) is 26.6 Å². The van der Waals surface area contributed by atoms with Crippen molar-refractivity contribution in [1.29, 1.82) is 0 Å². The standard InChI is InChI=1S/C21H19F2N5O2/c1-3-5-18(28-30-21-16(22)6-4-9-25-21)14-7-8-19(26-10-14)27-20(29)15-11-24-12-17(23)13(15)2/h4,6-12H,3,5H2,1-2H3,(H,26,27,29). The van der Waals surface area contributed by atoms with E-state index in [0.29, 0.717) is 17.7 Å². The molecule has 0 aliphatic rings. The zero-order valence-corrected chi connectivity index (χ0v) is 16.4. The number of carbonyl (C=O) groups excluding carboxylic acids is 1. The summed E-state index contributed by atoms with van der Waals surface area (Å²) in [6, 6.07) is 5.97. The molecule has 9 heteroatoms. The number of anilines is 1. The zero-order chi connectivity index (χ0) is 21.5. The number of aromatic nitrogens is 3. The average Bonchev–Trinajstić information content (AvgIpc) is 2.74. The maximum Gasteiger partial charge on any atom is 0.284 e. The summed E-state index contributed by atoms with van der Waals surface area (Å²) in [6.45, 7) is 3.47. The maximum atomic E-state index is 13.7. The summed E-state index contributed by atoms with van der Waals surface area (Å²) in [5.41, 5.74) is 1.53. The third-order valence-electron chi connectivity index (χ3n) is 4.19. The lowest BCUT2D eigenvalue weighted by Gasteiger charge is -2.09. The van der Waals surface area contributed by atoms with Crippen LogP contribution in [0.2, 0.25) is 0 Å². The minimum Gasteiger partial charge on any atom is -0.333 e. The van der Waals surface area contributed by atoms with Crippen LogP contribution in [0.4, 0.5) is 14.6 Å². The number of hydrogen-bond donors (Lipinski definition) is 1. The van der Waals surface area contributed by atoms with Crippen molar-refractivity contribution in [2.24, 2.45) is 5.16 Å². The first-order valence-electron chi connectivity index (χ1n) is 9.22. The molecule has 154 valence electrons. The lowest BCUT2D eigenvalue weighted by Crippen LogP contribution is -2.15. The van der Waals surface area contributed by atoms with Gasteiger partial charge in [-0.15, -0.1) is 0 Å². The van der Waals surface area contributed by atoms with E-state index in [-0.39, 0.29) is 22.8 Å². The van der Waals surface area contributed by atoms with Gasteiger partial charge in [-0.1, -0.05) is 18.5 Å². The molecule has 0 unspecified atom stereocenters. The number of rotatable bonds is 7. The molecule has 0 saturated carbocycles. The van der Waals surface area contributed by atoms with E-state index >= 15 is 0 Å². The molecule has 0 atom stereocenters. The molecule has 1 amide bonds. The Morgan fingerprint density at radius 1 is 1.13 bits per heavy atom. The van der Waals surface area contributed by atoms with Gasteiger partial charge in [-0.05, 0) is 37.6 Å². The summed E-state index contributed by atoms with van der Waals surface area (Å²) < 4.78 is 27.3. The Morgan fingerprint density at radius 2 is 1.97 bits per heavy atom. The van der Waals surface area contributed by atoms with Gasteiger partial charge >= 0.3 is 0 Å². The number of pyridine rings is 3. The molecule has 3 aromatic heterocycles. The Kier molecular flexibility index (Phi) is 6.74. The molecule has 0 spiro atoms. The summed E-state index contributed by atoms with van der Waals surface area (Å²) in [5.74, 6) is -1.63. The first kappa shape index (κ1) is 21.0. The molecule has 0 radical (unpaired) electrons. The van der Waals surface area contributed by atoms with Crippen molar-refractivity contribution in [2.75, 3.05) is 5.32 Å². The molecule has 0 aliphatic carbocycles. The first-order chi connectivity index (χ1) is 14.5. The maximum absolute atomic E-state index is 13.7. The Balaban J connectivity index is 1.75. The van der Waals surface area contributed by atoms with Gasteiger partial charge in [0.25, 0.3) is 11.8 Å². The number of nitrogens with zero attached hydrogens (tertiary/aromatic N) is 4. The van der Waals surface area contributed by atoms with Gasteiger partial charge in [0.15, 0.2) is 5.82 Å². The van der Waals surface area contributed by atoms with Crippen molar-refractivity contribution in [3.63, 3.8) is 0 Å². The molecule has 3 heterocycles. The normalized spacial score (nSPS) is 11.3. The van der Waals surface area contributed by atoms with Gasteiger partial charge in [0.2, 0.25) is 0 Å². The molecule has 30 heavy (non-hydrogen) atoms. The van der Waals surface area contributed by atoms with Gasteiger partial charge in [0.1, 0.15) is 11.6 Å². The summed E-state index contributed by atoms with van der Waals surface area (Å²) in [5, 5.41) is 6.61. The van der Waals surface area contributed by atoms with Crippen LogP contribution in [0.25, 0.3) is 0 Å². The number of carbonyl (C=O) groups is 1. The molecule has 0 saturated heterocycles. The third kappa shape index (κ3) is 4.99. The zero-order valence-electron chi connectivity index (χ0n) is 16.4. The number of halogens is 2. The highest BCUT2D eigenvalue weighted by Gasteiger charge is 2.14. The van der Waals surface area contributed by atoms with Gasteiger partial charge in [-0.3, -0.25) is 9.78 Å². The Hall–Kier alpha value is -3.75. The average molecular weight is 411 g/mol. The topological polar surface area (TPSA) is 89.4 Å². The van der Waals surface area contributed by atoms with Crippen LogP contribution in [-0.2, 0) is 0 Å². The SMILES string of the molecule is CCCC(=NOc1ncccc1F)c1ccc(NC(=O)c2cncc(F)c2C)nc1. The number of amides is 1. The van der Waals surface area contributed by atoms with Crippen molar-refractivity contribution in [3.8, 4) is 5.88 Å². The molecule has 0 fully saturated rings. The monoisotopic (exact) mass is 411 g/mol. The second-order valence-electron chi connectivity index (χ2n) is 6.35. The molecule has 0 aromatic carbocycles. The highest BCUT2D eigenvalue weighted by Crippen LogP contribution is 2.16. The van der Waals surface area contributed by atoms with Crippen LogP contribution in [0.5, 0.6) is 5.88 Å². The number of hydrogen-bond acceptors (Lipinski definition) is 6. The summed E-state index contributed by atoms with van der Waals surface area (Å²) in [6.07, 6.45) is 6.60. The van der Waals surface area contributed by atoms with Crippen molar-refractivity contribution in [1.82, 2.24) is 15.0 Å². The van der Waals surface area contributed by atoms with Crippen LogP contribution in [0.3, 0.4) is 0 Å². The van der Waals surface area contributed by atoms with E-state index in [9.17, 15) is 13.6 Å². The molecule has 1 N–H and O–H groups in total. The van der Waals surface area contributed by atoms with E-state index < -0.39 is 17.5 Å². The van der Waals surface area contributed by atoms with E-state index in [0.717, 1.165) is 12.6 Å². The summed E-state index contributed by atoms with van der Waals surface area (Å²) in [4.78, 5) is 29.2. The minimum atomic E-state index is -0.615.